The van der Waals surface area contributed by atoms with Gasteiger partial charge < -0.3 is 14.6 Å². The number of nitrogens with one attached hydrogen (secondary N) is 1. The smallest absolute Gasteiger partial charge is 0.271 e. The van der Waals surface area contributed by atoms with Crippen LogP contribution in [0.4, 0.5) is 0 Å². The van der Waals surface area contributed by atoms with E-state index in [9.17, 15) is 4.79 Å². The Balaban J connectivity index is 1.18. The van der Waals surface area contributed by atoms with Crippen molar-refractivity contribution in [3.8, 4) is 0 Å². The number of aromatic amines is 1. The van der Waals surface area contributed by atoms with E-state index in [0.29, 0.717) is 11.8 Å². The van der Waals surface area contributed by atoms with Crippen LogP contribution in [0.2, 0.25) is 0 Å². The van der Waals surface area contributed by atoms with Crippen molar-refractivity contribution in [1.82, 2.24) is 19.8 Å². The van der Waals surface area contributed by atoms with Gasteiger partial charge in [-0.2, -0.15) is 0 Å². The van der Waals surface area contributed by atoms with Crippen LogP contribution in [0.5, 0.6) is 0 Å². The minimum atomic E-state index is 0.0418. The van der Waals surface area contributed by atoms with Crippen molar-refractivity contribution < 1.29 is 9.53 Å². The molecule has 0 aliphatic carbocycles. The van der Waals surface area contributed by atoms with Gasteiger partial charge >= 0.3 is 0 Å². The molecule has 1 aromatic carbocycles. The Hall–Kier alpha value is -2.18. The number of hydrogen-bond donors (Lipinski definition) is 1. The molecule has 3 heterocycles. The molecule has 2 saturated heterocycles. The van der Waals surface area contributed by atoms with Gasteiger partial charge in [0.25, 0.3) is 5.91 Å². The number of carbonyl (C=O) groups is 1. The molecule has 1 aromatic heterocycles. The van der Waals surface area contributed by atoms with Gasteiger partial charge in [0.2, 0.25) is 0 Å². The van der Waals surface area contributed by atoms with E-state index in [1.807, 2.05) is 4.90 Å². The molecule has 2 aromatic rings. The number of amides is 1. The molecule has 1 amide bonds. The van der Waals surface area contributed by atoms with E-state index in [4.69, 9.17) is 4.74 Å². The van der Waals surface area contributed by atoms with E-state index in [-0.39, 0.29) is 12.0 Å². The van der Waals surface area contributed by atoms with Crippen LogP contribution in [0.25, 0.3) is 0 Å². The van der Waals surface area contributed by atoms with Gasteiger partial charge in [0.15, 0.2) is 0 Å². The van der Waals surface area contributed by atoms with E-state index in [1.54, 1.807) is 12.5 Å². The summed E-state index contributed by atoms with van der Waals surface area (Å²) in [4.78, 5) is 23.6. The highest BCUT2D eigenvalue weighted by atomic mass is 16.5. The van der Waals surface area contributed by atoms with Crippen LogP contribution in [-0.4, -0.2) is 64.1 Å². The highest BCUT2D eigenvalue weighted by Crippen LogP contribution is 2.22. The summed E-state index contributed by atoms with van der Waals surface area (Å²) in [5, 5.41) is 0. The van der Waals surface area contributed by atoms with Crippen LogP contribution < -0.4 is 0 Å². The van der Waals surface area contributed by atoms with Crippen molar-refractivity contribution in [2.75, 3.05) is 26.2 Å². The normalized spacial score (nSPS) is 20.1. The molecule has 0 saturated carbocycles. The van der Waals surface area contributed by atoms with Crippen LogP contribution in [0.3, 0.4) is 0 Å². The number of likely N-dealkylation sites (tertiary alicyclic amines) is 2. The first-order valence-corrected chi connectivity index (χ1v) is 9.97. The van der Waals surface area contributed by atoms with Crippen LogP contribution in [0.1, 0.15) is 41.7 Å². The quantitative estimate of drug-likeness (QED) is 0.881. The van der Waals surface area contributed by atoms with Crippen LogP contribution in [0, 0.1) is 0 Å². The molecule has 6 heteroatoms. The number of H-pyrrole nitrogens is 1. The highest BCUT2D eigenvalue weighted by Gasteiger charge is 2.28. The molecule has 0 radical (unpaired) electrons. The Morgan fingerprint density at radius 3 is 2.33 bits per heavy atom. The summed E-state index contributed by atoms with van der Waals surface area (Å²) in [7, 11) is 0. The number of ether oxygens (including phenoxy) is 1. The average Bonchev–Trinajstić information content (AvgIpc) is 3.25. The summed E-state index contributed by atoms with van der Waals surface area (Å²) in [5.74, 6) is 0.0418. The maximum absolute atomic E-state index is 12.4. The van der Waals surface area contributed by atoms with E-state index < -0.39 is 0 Å². The molecule has 144 valence electrons. The third-order valence-corrected chi connectivity index (χ3v) is 5.63. The number of imidazole rings is 1. The first-order chi connectivity index (χ1) is 13.3. The second-order valence-corrected chi connectivity index (χ2v) is 7.55. The van der Waals surface area contributed by atoms with Gasteiger partial charge in [-0.1, -0.05) is 30.3 Å². The summed E-state index contributed by atoms with van der Waals surface area (Å²) in [6.45, 7) is 4.74. The zero-order chi connectivity index (χ0) is 18.5. The summed E-state index contributed by atoms with van der Waals surface area (Å²) in [6, 6.07) is 10.7. The predicted molar refractivity (Wildman–Crippen MR) is 103 cm³/mol. The van der Waals surface area contributed by atoms with Gasteiger partial charge in [-0.3, -0.25) is 9.69 Å². The average molecular weight is 368 g/mol. The number of carbonyl (C=O) groups excluding carboxylic acids is 1. The Kier molecular flexibility index (Phi) is 5.84. The molecular weight excluding hydrogens is 340 g/mol. The zero-order valence-electron chi connectivity index (χ0n) is 15.7. The number of aromatic nitrogens is 2. The minimum absolute atomic E-state index is 0.0418. The summed E-state index contributed by atoms with van der Waals surface area (Å²) < 4.78 is 6.36. The highest BCUT2D eigenvalue weighted by molar-refractivity contribution is 5.92. The predicted octanol–water partition coefficient (Wildman–Crippen LogP) is 2.70. The maximum Gasteiger partial charge on any atom is 0.271 e. The number of rotatable bonds is 5. The zero-order valence-corrected chi connectivity index (χ0v) is 15.7. The number of nitrogens with zero attached hydrogens (tertiary/aromatic N) is 3. The molecule has 0 atom stereocenters. The number of hydrogen-bond acceptors (Lipinski definition) is 4. The Bertz CT molecular complexity index is 703. The fourth-order valence-electron chi connectivity index (χ4n) is 4.06. The minimum Gasteiger partial charge on any atom is -0.375 e. The first-order valence-electron chi connectivity index (χ1n) is 9.97. The first kappa shape index (κ1) is 18.2. The standard InChI is InChI=1S/C21H28N4O2/c26-21(20-14-22-16-23-20)25-12-8-19(9-13-25)27-18-6-10-24(11-7-18)15-17-4-2-1-3-5-17/h1-5,14,16,18-19H,6-13,15H2,(H,22,23). The lowest BCUT2D eigenvalue weighted by Gasteiger charge is -2.37. The lowest BCUT2D eigenvalue weighted by atomic mass is 10.0. The van der Waals surface area contributed by atoms with Crippen LogP contribution in [-0.2, 0) is 11.3 Å². The maximum atomic E-state index is 12.4. The Morgan fingerprint density at radius 2 is 1.70 bits per heavy atom. The van der Waals surface area contributed by atoms with E-state index in [2.05, 4.69) is 45.2 Å². The molecular formula is C21H28N4O2. The molecule has 4 rings (SSSR count). The van der Waals surface area contributed by atoms with Crippen LogP contribution >= 0.6 is 0 Å². The van der Waals surface area contributed by atoms with E-state index in [1.165, 1.54) is 5.56 Å². The largest absolute Gasteiger partial charge is 0.375 e. The second kappa shape index (κ2) is 8.67. The van der Waals surface area contributed by atoms with Crippen molar-refractivity contribution in [2.45, 2.75) is 44.4 Å². The fourth-order valence-corrected chi connectivity index (χ4v) is 4.06. The van der Waals surface area contributed by atoms with Gasteiger partial charge in [0, 0.05) is 32.7 Å². The van der Waals surface area contributed by atoms with Crippen molar-refractivity contribution in [3.63, 3.8) is 0 Å². The van der Waals surface area contributed by atoms with E-state index in [0.717, 1.165) is 58.4 Å². The number of piperidine rings is 2. The molecule has 1 N–H and O–H groups in total. The lowest BCUT2D eigenvalue weighted by Crippen LogP contribution is -2.43. The molecule has 2 aliphatic rings. The third kappa shape index (κ3) is 4.76. The molecule has 2 fully saturated rings. The van der Waals surface area contributed by atoms with Crippen molar-refractivity contribution >= 4 is 5.91 Å². The van der Waals surface area contributed by atoms with Gasteiger partial charge in [0.05, 0.1) is 24.7 Å². The van der Waals surface area contributed by atoms with Crippen molar-refractivity contribution in [1.29, 1.82) is 0 Å². The molecule has 0 spiro atoms. The lowest BCUT2D eigenvalue weighted by molar-refractivity contribution is -0.0629. The van der Waals surface area contributed by atoms with Gasteiger partial charge in [-0.15, -0.1) is 0 Å². The summed E-state index contributed by atoms with van der Waals surface area (Å²) in [5.41, 5.74) is 1.95. The van der Waals surface area contributed by atoms with Gasteiger partial charge in [-0.05, 0) is 31.2 Å². The van der Waals surface area contributed by atoms with Crippen LogP contribution in [0.15, 0.2) is 42.9 Å². The Labute approximate surface area is 160 Å². The summed E-state index contributed by atoms with van der Waals surface area (Å²) >= 11 is 0. The summed E-state index contributed by atoms with van der Waals surface area (Å²) in [6.07, 6.45) is 7.81. The topological polar surface area (TPSA) is 61.5 Å². The fraction of sp³-hybridized carbons (Fsp3) is 0.524. The number of benzene rings is 1. The molecule has 2 aliphatic heterocycles. The Morgan fingerprint density at radius 1 is 1.04 bits per heavy atom. The SMILES string of the molecule is O=C(c1cnc[nH]1)N1CCC(OC2CCN(Cc3ccccc3)CC2)CC1. The van der Waals surface area contributed by atoms with Gasteiger partial charge in [0.1, 0.15) is 5.69 Å². The monoisotopic (exact) mass is 368 g/mol. The van der Waals surface area contributed by atoms with E-state index >= 15 is 0 Å². The third-order valence-electron chi connectivity index (χ3n) is 5.63. The van der Waals surface area contributed by atoms with Crippen molar-refractivity contribution in [2.24, 2.45) is 0 Å². The second-order valence-electron chi connectivity index (χ2n) is 7.55. The molecule has 0 unspecified atom stereocenters. The molecule has 0 bridgehead atoms. The molecule has 27 heavy (non-hydrogen) atoms. The molecule has 6 nitrogen and oxygen atoms in total. The van der Waals surface area contributed by atoms with Crippen molar-refractivity contribution in [3.05, 3.63) is 54.1 Å². The van der Waals surface area contributed by atoms with Gasteiger partial charge in [-0.25, -0.2) is 4.98 Å².